The maximum absolute atomic E-state index is 3.60. The minimum atomic E-state index is 0.732. The van der Waals surface area contributed by atoms with Gasteiger partial charge in [0.05, 0.1) is 0 Å². The van der Waals surface area contributed by atoms with Gasteiger partial charge in [-0.25, -0.2) is 0 Å². The van der Waals surface area contributed by atoms with Crippen molar-refractivity contribution in [2.24, 2.45) is 11.8 Å². The first-order valence-corrected chi connectivity index (χ1v) is 7.63. The third-order valence-corrected chi connectivity index (χ3v) is 4.15. The summed E-state index contributed by atoms with van der Waals surface area (Å²) in [5.74, 6) is 1.70. The topological polar surface area (TPSA) is 15.3 Å². The summed E-state index contributed by atoms with van der Waals surface area (Å²) in [6.45, 7) is 14.3. The molecular weight excluding hydrogens is 208 g/mol. The van der Waals surface area contributed by atoms with E-state index in [1.165, 1.54) is 45.3 Å². The van der Waals surface area contributed by atoms with Crippen LogP contribution in [0.3, 0.4) is 0 Å². The number of hydrogen-bond acceptors (Lipinski definition) is 2. The fourth-order valence-corrected chi connectivity index (χ4v) is 2.94. The molecule has 17 heavy (non-hydrogen) atoms. The Kier molecular flexibility index (Phi) is 7.14. The minimum absolute atomic E-state index is 0.732. The van der Waals surface area contributed by atoms with Crippen LogP contribution in [0.2, 0.25) is 0 Å². The lowest BCUT2D eigenvalue weighted by atomic mass is 9.92. The zero-order valence-electron chi connectivity index (χ0n) is 12.3. The standard InChI is InChI=1S/C15H32N2/c1-5-9-16-11-15(13(3)4)17-10-7-8-14(6-2)12-17/h13-16H,5-12H2,1-4H3. The lowest BCUT2D eigenvalue weighted by molar-refractivity contribution is 0.0933. The van der Waals surface area contributed by atoms with Crippen molar-refractivity contribution in [2.45, 2.75) is 59.4 Å². The van der Waals surface area contributed by atoms with E-state index >= 15 is 0 Å². The maximum Gasteiger partial charge on any atom is 0.0243 e. The van der Waals surface area contributed by atoms with E-state index in [1.807, 2.05) is 0 Å². The Hall–Kier alpha value is -0.0800. The molecule has 1 N–H and O–H groups in total. The van der Waals surface area contributed by atoms with Gasteiger partial charge < -0.3 is 5.32 Å². The van der Waals surface area contributed by atoms with Gasteiger partial charge >= 0.3 is 0 Å². The largest absolute Gasteiger partial charge is 0.315 e. The fraction of sp³-hybridized carbons (Fsp3) is 1.00. The van der Waals surface area contributed by atoms with Crippen molar-refractivity contribution in [2.75, 3.05) is 26.2 Å². The summed E-state index contributed by atoms with van der Waals surface area (Å²) < 4.78 is 0. The Morgan fingerprint density at radius 2 is 2.06 bits per heavy atom. The smallest absolute Gasteiger partial charge is 0.0243 e. The van der Waals surface area contributed by atoms with Crippen LogP contribution in [0.1, 0.15) is 53.4 Å². The molecule has 0 amide bonds. The summed E-state index contributed by atoms with van der Waals surface area (Å²) in [6.07, 6.45) is 5.43. The van der Waals surface area contributed by atoms with Gasteiger partial charge in [0.25, 0.3) is 0 Å². The molecule has 0 bridgehead atoms. The summed E-state index contributed by atoms with van der Waals surface area (Å²) in [5.41, 5.74) is 0. The van der Waals surface area contributed by atoms with Gasteiger partial charge in [-0.05, 0) is 44.2 Å². The second-order valence-corrected chi connectivity index (χ2v) is 5.93. The molecule has 2 atom stereocenters. The van der Waals surface area contributed by atoms with Crippen LogP contribution in [0.5, 0.6) is 0 Å². The van der Waals surface area contributed by atoms with Crippen LogP contribution >= 0.6 is 0 Å². The molecule has 1 rings (SSSR count). The Bertz CT molecular complexity index is 191. The molecule has 0 aromatic carbocycles. The van der Waals surface area contributed by atoms with Crippen molar-refractivity contribution in [1.29, 1.82) is 0 Å². The highest BCUT2D eigenvalue weighted by Crippen LogP contribution is 2.23. The molecule has 2 unspecified atom stereocenters. The molecule has 0 saturated carbocycles. The van der Waals surface area contributed by atoms with Gasteiger partial charge in [0.15, 0.2) is 0 Å². The van der Waals surface area contributed by atoms with Gasteiger partial charge in [0, 0.05) is 19.1 Å². The number of rotatable bonds is 7. The van der Waals surface area contributed by atoms with Crippen molar-refractivity contribution in [3.05, 3.63) is 0 Å². The number of likely N-dealkylation sites (tertiary alicyclic amines) is 1. The summed E-state index contributed by atoms with van der Waals surface area (Å²) in [4.78, 5) is 2.74. The number of nitrogens with zero attached hydrogens (tertiary/aromatic N) is 1. The number of piperidine rings is 1. The molecule has 0 aromatic heterocycles. The third kappa shape index (κ3) is 4.97. The predicted octanol–water partition coefficient (Wildman–Crippen LogP) is 3.13. The molecule has 1 aliphatic rings. The lowest BCUT2D eigenvalue weighted by Crippen LogP contribution is -2.49. The molecule has 0 spiro atoms. The molecule has 1 fully saturated rings. The lowest BCUT2D eigenvalue weighted by Gasteiger charge is -2.40. The van der Waals surface area contributed by atoms with Crippen LogP contribution in [0.15, 0.2) is 0 Å². The maximum atomic E-state index is 3.60. The minimum Gasteiger partial charge on any atom is -0.315 e. The van der Waals surface area contributed by atoms with Crippen molar-refractivity contribution in [1.82, 2.24) is 10.2 Å². The molecule has 1 saturated heterocycles. The molecular formula is C15H32N2. The first-order chi connectivity index (χ1) is 8.19. The zero-order chi connectivity index (χ0) is 12.7. The second kappa shape index (κ2) is 8.10. The van der Waals surface area contributed by atoms with Crippen LogP contribution in [0.25, 0.3) is 0 Å². The molecule has 0 aromatic rings. The molecule has 2 heteroatoms. The molecule has 0 aliphatic carbocycles. The Morgan fingerprint density at radius 3 is 2.65 bits per heavy atom. The fourth-order valence-electron chi connectivity index (χ4n) is 2.94. The molecule has 102 valence electrons. The van der Waals surface area contributed by atoms with Crippen LogP contribution in [0.4, 0.5) is 0 Å². The first-order valence-electron chi connectivity index (χ1n) is 7.63. The summed E-state index contributed by atoms with van der Waals surface area (Å²) in [5, 5.41) is 3.60. The van der Waals surface area contributed by atoms with Crippen LogP contribution in [-0.4, -0.2) is 37.1 Å². The van der Waals surface area contributed by atoms with E-state index in [-0.39, 0.29) is 0 Å². The zero-order valence-corrected chi connectivity index (χ0v) is 12.3. The van der Waals surface area contributed by atoms with E-state index in [4.69, 9.17) is 0 Å². The molecule has 1 heterocycles. The van der Waals surface area contributed by atoms with Gasteiger partial charge in [0.1, 0.15) is 0 Å². The quantitative estimate of drug-likeness (QED) is 0.688. The normalized spacial score (nSPS) is 24.2. The predicted molar refractivity (Wildman–Crippen MR) is 76.4 cm³/mol. The third-order valence-electron chi connectivity index (χ3n) is 4.15. The highest BCUT2D eigenvalue weighted by Gasteiger charge is 2.26. The second-order valence-electron chi connectivity index (χ2n) is 5.93. The van der Waals surface area contributed by atoms with Crippen molar-refractivity contribution in [3.63, 3.8) is 0 Å². The monoisotopic (exact) mass is 240 g/mol. The van der Waals surface area contributed by atoms with E-state index < -0.39 is 0 Å². The van der Waals surface area contributed by atoms with Crippen LogP contribution in [0, 0.1) is 11.8 Å². The van der Waals surface area contributed by atoms with E-state index in [2.05, 4.69) is 37.9 Å². The van der Waals surface area contributed by atoms with Gasteiger partial charge in [-0.15, -0.1) is 0 Å². The van der Waals surface area contributed by atoms with Crippen molar-refractivity contribution >= 4 is 0 Å². The first kappa shape index (κ1) is 15.0. The molecule has 2 nitrogen and oxygen atoms in total. The summed E-state index contributed by atoms with van der Waals surface area (Å²) >= 11 is 0. The highest BCUT2D eigenvalue weighted by molar-refractivity contribution is 4.82. The van der Waals surface area contributed by atoms with Crippen LogP contribution in [-0.2, 0) is 0 Å². The van der Waals surface area contributed by atoms with E-state index in [0.29, 0.717) is 0 Å². The van der Waals surface area contributed by atoms with E-state index in [9.17, 15) is 0 Å². The van der Waals surface area contributed by atoms with Crippen LogP contribution < -0.4 is 5.32 Å². The van der Waals surface area contributed by atoms with Gasteiger partial charge in [0.2, 0.25) is 0 Å². The Labute approximate surface area is 108 Å². The number of hydrogen-bond donors (Lipinski definition) is 1. The average molecular weight is 240 g/mol. The molecule has 0 radical (unpaired) electrons. The van der Waals surface area contributed by atoms with Gasteiger partial charge in [-0.3, -0.25) is 4.90 Å². The van der Waals surface area contributed by atoms with E-state index in [0.717, 1.165) is 24.4 Å². The SMILES string of the molecule is CCCNCC(C(C)C)N1CCCC(CC)C1. The van der Waals surface area contributed by atoms with E-state index in [1.54, 1.807) is 0 Å². The van der Waals surface area contributed by atoms with Gasteiger partial charge in [-0.1, -0.05) is 34.1 Å². The van der Waals surface area contributed by atoms with Crippen molar-refractivity contribution in [3.8, 4) is 0 Å². The Morgan fingerprint density at radius 1 is 1.29 bits per heavy atom. The highest BCUT2D eigenvalue weighted by atomic mass is 15.2. The van der Waals surface area contributed by atoms with Gasteiger partial charge in [-0.2, -0.15) is 0 Å². The number of nitrogens with one attached hydrogen (secondary N) is 1. The summed E-state index contributed by atoms with van der Waals surface area (Å²) in [6, 6.07) is 0.732. The van der Waals surface area contributed by atoms with Crippen molar-refractivity contribution < 1.29 is 0 Å². The molecule has 1 aliphatic heterocycles. The average Bonchev–Trinajstić information content (AvgIpc) is 2.34. The summed E-state index contributed by atoms with van der Waals surface area (Å²) in [7, 11) is 0. The Balaban J connectivity index is 2.44.